The number of aromatic nitrogens is 4. The van der Waals surface area contributed by atoms with Crippen molar-refractivity contribution in [2.45, 2.75) is 29.1 Å². The van der Waals surface area contributed by atoms with E-state index in [1.165, 1.54) is 68.7 Å². The van der Waals surface area contributed by atoms with Crippen LogP contribution in [0.4, 0.5) is 0 Å². The minimum absolute atomic E-state index is 0.160. The highest BCUT2D eigenvalue weighted by atomic mass is 32.2. The van der Waals surface area contributed by atoms with Crippen molar-refractivity contribution in [3.05, 3.63) is 206 Å². The monoisotopic (exact) mass is 790 g/mol. The number of hydrogen-bond donors (Lipinski definition) is 0. The number of imidazole rings is 1. The fourth-order valence-corrected chi connectivity index (χ4v) is 16.4. The topological polar surface area (TPSA) is 35.1 Å². The van der Waals surface area contributed by atoms with Crippen LogP contribution in [0.5, 0.6) is 0 Å². The van der Waals surface area contributed by atoms with Crippen molar-refractivity contribution in [1.29, 1.82) is 0 Å². The predicted octanol–water partition coefficient (Wildman–Crippen LogP) is 10.3. The molecule has 5 heterocycles. The molecule has 0 atom stereocenters. The Morgan fingerprint density at radius 1 is 0.492 bits per heavy atom. The third-order valence-electron chi connectivity index (χ3n) is 12.8. The van der Waals surface area contributed by atoms with Crippen LogP contribution in [0.25, 0.3) is 54.9 Å². The zero-order valence-electron chi connectivity index (χ0n) is 32.7. The van der Waals surface area contributed by atoms with Crippen LogP contribution >= 0.6 is 11.8 Å². The smallest absolute Gasteiger partial charge is 0.179 e. The van der Waals surface area contributed by atoms with Gasteiger partial charge in [0.2, 0.25) is 0 Å². The Kier molecular flexibility index (Phi) is 7.50. The number of rotatable bonds is 5. The van der Waals surface area contributed by atoms with Crippen LogP contribution in [-0.2, 0) is 5.41 Å². The maximum Gasteiger partial charge on any atom is 0.179 e. The third kappa shape index (κ3) is 4.84. The molecule has 0 amide bonds. The van der Waals surface area contributed by atoms with Gasteiger partial charge in [-0.25, -0.2) is 9.97 Å². The highest BCUT2D eigenvalue weighted by molar-refractivity contribution is 7.99. The quantitative estimate of drug-likeness (QED) is 0.0990. The summed E-state index contributed by atoms with van der Waals surface area (Å²) in [5.41, 5.74) is 7.07. The second-order valence-electron chi connectivity index (χ2n) is 16.2. The van der Waals surface area contributed by atoms with Crippen molar-refractivity contribution in [2.24, 2.45) is 0 Å². The van der Waals surface area contributed by atoms with Crippen LogP contribution in [0.2, 0.25) is 0 Å². The Morgan fingerprint density at radius 2 is 1.15 bits per heavy atom. The molecule has 0 bridgehead atoms. The Labute approximate surface area is 347 Å². The van der Waals surface area contributed by atoms with E-state index in [4.69, 9.17) is 9.97 Å². The molecule has 0 N–H and O–H groups in total. The molecule has 0 saturated carbocycles. The molecule has 1 aliphatic rings. The summed E-state index contributed by atoms with van der Waals surface area (Å²) in [5, 5.41) is 11.3. The van der Waals surface area contributed by atoms with Crippen molar-refractivity contribution >= 4 is 89.7 Å². The van der Waals surface area contributed by atoms with Gasteiger partial charge in [0.05, 0.1) is 16.6 Å². The first-order valence-corrected chi connectivity index (χ1v) is 23.0. The number of pyridine rings is 2. The fourth-order valence-electron chi connectivity index (χ4n) is 10.1. The maximum absolute atomic E-state index is 5.06. The first-order chi connectivity index (χ1) is 29.0. The lowest BCUT2D eigenvalue weighted by Crippen LogP contribution is -2.74. The maximum atomic E-state index is 5.06. The van der Waals surface area contributed by atoms with Gasteiger partial charge in [0.1, 0.15) is 11.5 Å². The second-order valence-corrected chi connectivity index (χ2v) is 21.1. The summed E-state index contributed by atoms with van der Waals surface area (Å²) in [7, 11) is -3.02. The average molecular weight is 791 g/mol. The van der Waals surface area contributed by atoms with Gasteiger partial charge in [0, 0.05) is 55.3 Å². The molecule has 4 aromatic heterocycles. The molecule has 280 valence electrons. The number of fused-ring (bicyclic) bond motifs is 12. The van der Waals surface area contributed by atoms with Gasteiger partial charge in [-0.2, -0.15) is 0 Å². The molecule has 0 aliphatic carbocycles. The molecule has 12 rings (SSSR count). The summed E-state index contributed by atoms with van der Waals surface area (Å²) in [6.07, 6.45) is 5.93. The first-order valence-electron chi connectivity index (χ1n) is 20.2. The molecule has 0 spiro atoms. The predicted molar refractivity (Wildman–Crippen MR) is 249 cm³/mol. The van der Waals surface area contributed by atoms with Gasteiger partial charge in [-0.05, 0) is 67.6 Å². The van der Waals surface area contributed by atoms with E-state index in [0.717, 1.165) is 27.9 Å². The minimum atomic E-state index is -3.02. The minimum Gasteiger partial charge on any atom is -0.299 e. The Balaban J connectivity index is 1.21. The lowest BCUT2D eigenvalue weighted by atomic mass is 9.77. The molecule has 1 aliphatic heterocycles. The Bertz CT molecular complexity index is 3410. The van der Waals surface area contributed by atoms with Gasteiger partial charge in [-0.3, -0.25) is 8.97 Å². The molecule has 7 aromatic carbocycles. The number of hydrogen-bond acceptors (Lipinski definition) is 3. The van der Waals surface area contributed by atoms with Crippen LogP contribution in [-0.4, -0.2) is 27.0 Å². The number of benzene rings is 7. The molecule has 0 unspecified atom stereocenters. The second kappa shape index (κ2) is 12.9. The standard InChI is InChI=1S/C53H38N4SSi/c1-53(2)44-20-10-12-22-48(44)58-51-45(53)29-28-42-41-27-25-38(34-47(41)57(50(42)51)49-23-13-14-30-54-49)59(35-15-5-3-6-16-35,36-17-7-4-8-18-36)37-24-26-39-40-19-9-11-21-46(40)56-32-31-55-52(56)43(39)33-37/h3-34H,1-2H3. The lowest BCUT2D eigenvalue weighted by Gasteiger charge is -2.35. The molecule has 59 heavy (non-hydrogen) atoms. The van der Waals surface area contributed by atoms with Gasteiger partial charge in [0.25, 0.3) is 0 Å². The van der Waals surface area contributed by atoms with Gasteiger partial charge in [-0.1, -0.05) is 171 Å². The van der Waals surface area contributed by atoms with E-state index in [-0.39, 0.29) is 5.41 Å². The van der Waals surface area contributed by atoms with Crippen molar-refractivity contribution in [3.8, 4) is 5.82 Å². The SMILES string of the molecule is CC1(C)c2ccccc2Sc2c1ccc1c3ccc([Si](c4ccccc4)(c4ccccc4)c4ccc5c6ccccc6n6ccnc6c5c4)cc3n(-c3ccccn3)c21. The van der Waals surface area contributed by atoms with E-state index < -0.39 is 8.07 Å². The average Bonchev–Trinajstić information content (AvgIpc) is 3.92. The van der Waals surface area contributed by atoms with Crippen molar-refractivity contribution in [3.63, 3.8) is 0 Å². The van der Waals surface area contributed by atoms with Gasteiger partial charge < -0.3 is 0 Å². The fraction of sp³-hybridized carbons (Fsp3) is 0.0566. The summed E-state index contributed by atoms with van der Waals surface area (Å²) in [6, 6.07) is 65.6. The highest BCUT2D eigenvalue weighted by Crippen LogP contribution is 2.52. The van der Waals surface area contributed by atoms with Crippen LogP contribution in [0.15, 0.2) is 204 Å². The van der Waals surface area contributed by atoms with Crippen LogP contribution in [0, 0.1) is 0 Å². The van der Waals surface area contributed by atoms with Crippen LogP contribution in [0.1, 0.15) is 25.0 Å². The van der Waals surface area contributed by atoms with Crippen molar-refractivity contribution in [2.75, 3.05) is 0 Å². The zero-order valence-corrected chi connectivity index (χ0v) is 34.5. The molecule has 0 radical (unpaired) electrons. The third-order valence-corrected chi connectivity index (χ3v) is 18.8. The van der Waals surface area contributed by atoms with E-state index in [9.17, 15) is 0 Å². The largest absolute Gasteiger partial charge is 0.299 e. The van der Waals surface area contributed by atoms with Crippen molar-refractivity contribution < 1.29 is 0 Å². The van der Waals surface area contributed by atoms with E-state index in [2.05, 4.69) is 199 Å². The molecule has 6 heteroatoms. The van der Waals surface area contributed by atoms with E-state index in [1.807, 2.05) is 30.2 Å². The summed E-state index contributed by atoms with van der Waals surface area (Å²) < 4.78 is 4.69. The summed E-state index contributed by atoms with van der Waals surface area (Å²) in [6.45, 7) is 4.73. The van der Waals surface area contributed by atoms with Crippen LogP contribution < -0.4 is 20.7 Å². The molecular weight excluding hydrogens is 753 g/mol. The molecular formula is C53H38N4SSi. The molecule has 11 aromatic rings. The summed E-state index contributed by atoms with van der Waals surface area (Å²) >= 11 is 1.89. The number of para-hydroxylation sites is 1. The normalized spacial score (nSPS) is 13.7. The van der Waals surface area contributed by atoms with Gasteiger partial charge in [-0.15, -0.1) is 0 Å². The lowest BCUT2D eigenvalue weighted by molar-refractivity contribution is 0.609. The van der Waals surface area contributed by atoms with Crippen molar-refractivity contribution in [1.82, 2.24) is 18.9 Å². The first kappa shape index (κ1) is 34.3. The van der Waals surface area contributed by atoms with Gasteiger partial charge in [0.15, 0.2) is 8.07 Å². The zero-order chi connectivity index (χ0) is 39.3. The molecule has 4 nitrogen and oxygen atoms in total. The Hall–Kier alpha value is -6.73. The van der Waals surface area contributed by atoms with E-state index >= 15 is 0 Å². The summed E-state index contributed by atoms with van der Waals surface area (Å²) in [4.78, 5) is 12.6. The highest BCUT2D eigenvalue weighted by Gasteiger charge is 2.42. The van der Waals surface area contributed by atoms with E-state index in [1.54, 1.807) is 0 Å². The summed E-state index contributed by atoms with van der Waals surface area (Å²) in [5.74, 6) is 0.918. The van der Waals surface area contributed by atoms with Gasteiger partial charge >= 0.3 is 0 Å². The van der Waals surface area contributed by atoms with Crippen LogP contribution in [0.3, 0.4) is 0 Å². The molecule has 0 fully saturated rings. The Morgan fingerprint density at radius 3 is 1.93 bits per heavy atom. The number of nitrogens with zero attached hydrogens (tertiary/aromatic N) is 4. The molecule has 0 saturated heterocycles. The van der Waals surface area contributed by atoms with E-state index in [0.29, 0.717) is 0 Å².